The van der Waals surface area contributed by atoms with Crippen LogP contribution >= 0.6 is 0 Å². The van der Waals surface area contributed by atoms with Crippen molar-refractivity contribution in [2.45, 2.75) is 86.0 Å². The van der Waals surface area contributed by atoms with E-state index in [9.17, 15) is 9.59 Å². The van der Waals surface area contributed by atoms with Crippen molar-refractivity contribution in [3.8, 4) is 0 Å². The van der Waals surface area contributed by atoms with Crippen LogP contribution in [0.1, 0.15) is 77.1 Å². The minimum absolute atomic E-state index is 0.137. The van der Waals surface area contributed by atoms with Gasteiger partial charge in [0.05, 0.1) is 17.8 Å². The summed E-state index contributed by atoms with van der Waals surface area (Å²) < 4.78 is 24.3. The maximum Gasteiger partial charge on any atom is 0.497 e. The molecule has 0 aliphatic carbocycles. The molecule has 1 aromatic heterocycles. The summed E-state index contributed by atoms with van der Waals surface area (Å²) in [5.74, 6) is -0.586. The number of rotatable bonds is 3. The number of hydrogen-bond donors (Lipinski definition) is 0. The minimum atomic E-state index is -0.710. The lowest BCUT2D eigenvalue weighted by Crippen LogP contribution is -2.41. The molecule has 0 N–H and O–H groups in total. The molecule has 156 valence electrons. The molecule has 28 heavy (non-hydrogen) atoms. The first-order valence-electron chi connectivity index (χ1n) is 9.61. The Bertz CT molecular complexity index is 772. The summed E-state index contributed by atoms with van der Waals surface area (Å²) in [6.07, 6.45) is -0.640. The number of hydrogen-bond acceptors (Lipinski definition) is 6. The average Bonchev–Trinajstić information content (AvgIpc) is 2.86. The molecular formula is C20H32BNO6. The highest BCUT2D eigenvalue weighted by Crippen LogP contribution is 2.37. The van der Waals surface area contributed by atoms with E-state index in [1.807, 2.05) is 27.7 Å². The van der Waals surface area contributed by atoms with E-state index in [1.165, 1.54) is 4.57 Å². The monoisotopic (exact) mass is 393 g/mol. The third-order valence-corrected chi connectivity index (χ3v) is 5.24. The Morgan fingerprint density at radius 2 is 1.57 bits per heavy atom. The topological polar surface area (TPSA) is 76.0 Å². The Labute approximate surface area is 167 Å². The molecule has 7 nitrogen and oxygen atoms in total. The van der Waals surface area contributed by atoms with Gasteiger partial charge in [0.1, 0.15) is 11.3 Å². The number of carbonyl (C=O) groups is 2. The van der Waals surface area contributed by atoms with E-state index in [4.69, 9.17) is 18.8 Å². The van der Waals surface area contributed by atoms with E-state index in [2.05, 4.69) is 0 Å². The zero-order chi connectivity index (χ0) is 21.7. The van der Waals surface area contributed by atoms with Crippen LogP contribution in [0, 0.1) is 13.8 Å². The zero-order valence-corrected chi connectivity index (χ0v) is 18.7. The summed E-state index contributed by atoms with van der Waals surface area (Å²) in [7, 11) is -0.707. The highest BCUT2D eigenvalue weighted by Gasteiger charge is 2.53. The van der Waals surface area contributed by atoms with Gasteiger partial charge in [-0.05, 0) is 74.8 Å². The Kier molecular flexibility index (Phi) is 5.81. The van der Waals surface area contributed by atoms with Gasteiger partial charge >= 0.3 is 19.2 Å². The lowest BCUT2D eigenvalue weighted by molar-refractivity contribution is 0.00578. The number of carbonyl (C=O) groups excluding carboxylic acids is 2. The standard InChI is InChI=1S/C20H32BNO6/c1-11-25-16(23)15-12(2)14(21-27-19(7,8)20(9,10)28-21)13(3)22(15)17(24)26-18(4,5)6/h11H2,1-10H3. The van der Waals surface area contributed by atoms with Crippen molar-refractivity contribution in [2.24, 2.45) is 0 Å². The molecule has 0 radical (unpaired) electrons. The highest BCUT2D eigenvalue weighted by atomic mass is 16.7. The molecular weight excluding hydrogens is 361 g/mol. The molecule has 0 unspecified atom stereocenters. The van der Waals surface area contributed by atoms with Gasteiger partial charge in [-0.25, -0.2) is 14.2 Å². The van der Waals surface area contributed by atoms with Crippen LogP contribution < -0.4 is 5.46 Å². The molecule has 0 saturated carbocycles. The fourth-order valence-corrected chi connectivity index (χ4v) is 3.14. The summed E-state index contributed by atoms with van der Waals surface area (Å²) >= 11 is 0. The number of aromatic nitrogens is 1. The first kappa shape index (κ1) is 22.5. The normalized spacial score (nSPS) is 18.3. The van der Waals surface area contributed by atoms with Gasteiger partial charge in [0.15, 0.2) is 0 Å². The molecule has 1 aliphatic rings. The second kappa shape index (κ2) is 7.23. The molecule has 0 atom stereocenters. The largest absolute Gasteiger partial charge is 0.497 e. The van der Waals surface area contributed by atoms with E-state index in [1.54, 1.807) is 41.5 Å². The Morgan fingerprint density at radius 1 is 1.07 bits per heavy atom. The molecule has 0 bridgehead atoms. The third kappa shape index (κ3) is 3.98. The van der Waals surface area contributed by atoms with Crippen LogP contribution in [-0.4, -0.2) is 47.2 Å². The predicted octanol–water partition coefficient (Wildman–Crippen LogP) is 3.36. The molecule has 0 amide bonds. The molecule has 0 spiro atoms. The summed E-state index contributed by atoms with van der Waals surface area (Å²) in [4.78, 5) is 25.6. The lowest BCUT2D eigenvalue weighted by Gasteiger charge is -2.32. The van der Waals surface area contributed by atoms with E-state index in [0.717, 1.165) is 0 Å². The molecule has 1 aliphatic heterocycles. The highest BCUT2D eigenvalue weighted by molar-refractivity contribution is 6.63. The average molecular weight is 393 g/mol. The first-order chi connectivity index (χ1) is 12.6. The molecule has 2 heterocycles. The number of nitrogens with zero attached hydrogens (tertiary/aromatic N) is 1. The fraction of sp³-hybridized carbons (Fsp3) is 0.700. The van der Waals surface area contributed by atoms with Gasteiger partial charge < -0.3 is 18.8 Å². The molecule has 8 heteroatoms. The van der Waals surface area contributed by atoms with Crippen molar-refractivity contribution in [3.05, 3.63) is 17.0 Å². The van der Waals surface area contributed by atoms with E-state index >= 15 is 0 Å². The summed E-state index contributed by atoms with van der Waals surface area (Å²) in [5, 5.41) is 0. The molecule has 1 aromatic rings. The van der Waals surface area contributed by atoms with Crippen LogP contribution in [0.15, 0.2) is 0 Å². The van der Waals surface area contributed by atoms with Crippen molar-refractivity contribution in [3.63, 3.8) is 0 Å². The maximum absolute atomic E-state index is 12.9. The van der Waals surface area contributed by atoms with Gasteiger partial charge in [0, 0.05) is 11.2 Å². The molecule has 0 aromatic carbocycles. The summed E-state index contributed by atoms with van der Waals surface area (Å²) in [6, 6.07) is 0. The predicted molar refractivity (Wildman–Crippen MR) is 107 cm³/mol. The van der Waals surface area contributed by atoms with Crippen molar-refractivity contribution < 1.29 is 28.4 Å². The first-order valence-corrected chi connectivity index (χ1v) is 9.61. The van der Waals surface area contributed by atoms with Crippen LogP contribution in [0.2, 0.25) is 0 Å². The minimum Gasteiger partial charge on any atom is -0.461 e. The number of ether oxygens (including phenoxy) is 2. The van der Waals surface area contributed by atoms with Gasteiger partial charge in [0.2, 0.25) is 0 Å². The summed E-state index contributed by atoms with van der Waals surface area (Å²) in [6.45, 7) is 18.6. The van der Waals surface area contributed by atoms with Gasteiger partial charge in [0.25, 0.3) is 0 Å². The maximum atomic E-state index is 12.9. The molecule has 2 rings (SSSR count). The second-order valence-corrected chi connectivity index (χ2v) is 9.10. The van der Waals surface area contributed by atoms with Gasteiger partial charge in [-0.3, -0.25) is 0 Å². The van der Waals surface area contributed by atoms with Crippen molar-refractivity contribution in [1.82, 2.24) is 4.57 Å². The van der Waals surface area contributed by atoms with Crippen LogP contribution in [-0.2, 0) is 18.8 Å². The van der Waals surface area contributed by atoms with E-state index < -0.39 is 36.0 Å². The van der Waals surface area contributed by atoms with Gasteiger partial charge in [-0.15, -0.1) is 0 Å². The van der Waals surface area contributed by atoms with E-state index in [0.29, 0.717) is 16.7 Å². The van der Waals surface area contributed by atoms with Gasteiger partial charge in [-0.2, -0.15) is 0 Å². The SMILES string of the molecule is CCOC(=O)c1c(C)c(B2OC(C)(C)C(C)(C)O2)c(C)n1C(=O)OC(C)(C)C. The van der Waals surface area contributed by atoms with Crippen LogP contribution in [0.4, 0.5) is 4.79 Å². The van der Waals surface area contributed by atoms with Gasteiger partial charge in [-0.1, -0.05) is 0 Å². The molecule has 1 fully saturated rings. The van der Waals surface area contributed by atoms with Crippen molar-refractivity contribution >= 4 is 24.6 Å². The second-order valence-electron chi connectivity index (χ2n) is 9.10. The van der Waals surface area contributed by atoms with Crippen LogP contribution in [0.3, 0.4) is 0 Å². The smallest absolute Gasteiger partial charge is 0.461 e. The summed E-state index contributed by atoms with van der Waals surface area (Å²) in [5.41, 5.74) is 0.0982. The quantitative estimate of drug-likeness (QED) is 0.579. The Morgan fingerprint density at radius 3 is 2.00 bits per heavy atom. The van der Waals surface area contributed by atoms with Crippen molar-refractivity contribution in [1.29, 1.82) is 0 Å². The third-order valence-electron chi connectivity index (χ3n) is 5.24. The van der Waals surface area contributed by atoms with E-state index in [-0.39, 0.29) is 12.3 Å². The van der Waals surface area contributed by atoms with Crippen LogP contribution in [0.5, 0.6) is 0 Å². The Hall–Kier alpha value is -1.80. The fourth-order valence-electron chi connectivity index (χ4n) is 3.14. The number of esters is 1. The van der Waals surface area contributed by atoms with Crippen LogP contribution in [0.25, 0.3) is 0 Å². The molecule has 1 saturated heterocycles. The lowest BCUT2D eigenvalue weighted by atomic mass is 9.76. The van der Waals surface area contributed by atoms with Crippen molar-refractivity contribution in [2.75, 3.05) is 6.61 Å². The Balaban J connectivity index is 2.62. The zero-order valence-electron chi connectivity index (χ0n) is 18.7.